The SMILES string of the molecule is O=c1[nH]c(-c2ccc(Cl)cc2)nc2c1CN(Cc1cnccc1C(F)(F)F)CC2. The van der Waals surface area contributed by atoms with Crippen molar-refractivity contribution in [3.05, 3.63) is 80.5 Å². The van der Waals surface area contributed by atoms with Gasteiger partial charge in [0.1, 0.15) is 5.82 Å². The van der Waals surface area contributed by atoms with Crippen molar-refractivity contribution in [2.24, 2.45) is 0 Å². The summed E-state index contributed by atoms with van der Waals surface area (Å²) in [6.45, 7) is 0.779. The Hall–Kier alpha value is -2.71. The summed E-state index contributed by atoms with van der Waals surface area (Å²) in [6.07, 6.45) is -1.62. The topological polar surface area (TPSA) is 61.9 Å². The quantitative estimate of drug-likeness (QED) is 0.694. The molecule has 0 aliphatic carbocycles. The minimum absolute atomic E-state index is 0.0561. The molecule has 0 atom stereocenters. The molecule has 0 amide bonds. The van der Waals surface area contributed by atoms with Gasteiger partial charge in [0, 0.05) is 49.0 Å². The predicted octanol–water partition coefficient (Wildman–Crippen LogP) is 4.06. The molecule has 150 valence electrons. The third-order valence-electron chi connectivity index (χ3n) is 4.87. The molecule has 0 spiro atoms. The number of nitrogens with zero attached hydrogens (tertiary/aromatic N) is 3. The number of rotatable bonds is 3. The highest BCUT2D eigenvalue weighted by Crippen LogP contribution is 2.32. The van der Waals surface area contributed by atoms with E-state index in [0.717, 1.165) is 17.8 Å². The number of aromatic amines is 1. The van der Waals surface area contributed by atoms with Crippen LogP contribution in [0, 0.1) is 0 Å². The van der Waals surface area contributed by atoms with Gasteiger partial charge in [0.15, 0.2) is 0 Å². The first kappa shape index (κ1) is 19.6. The van der Waals surface area contributed by atoms with Gasteiger partial charge in [-0.05, 0) is 35.9 Å². The van der Waals surface area contributed by atoms with E-state index in [4.69, 9.17) is 11.6 Å². The van der Waals surface area contributed by atoms with E-state index in [0.29, 0.717) is 35.1 Å². The molecule has 1 aliphatic rings. The molecule has 0 bridgehead atoms. The van der Waals surface area contributed by atoms with Crippen LogP contribution in [0.5, 0.6) is 0 Å². The van der Waals surface area contributed by atoms with Crippen molar-refractivity contribution in [3.63, 3.8) is 0 Å². The molecular weight excluding hydrogens is 405 g/mol. The van der Waals surface area contributed by atoms with Gasteiger partial charge in [-0.1, -0.05) is 11.6 Å². The Morgan fingerprint density at radius 3 is 2.66 bits per heavy atom. The summed E-state index contributed by atoms with van der Waals surface area (Å²) in [5.41, 5.74) is 0.978. The summed E-state index contributed by atoms with van der Waals surface area (Å²) < 4.78 is 39.7. The maximum atomic E-state index is 13.2. The van der Waals surface area contributed by atoms with E-state index < -0.39 is 11.7 Å². The zero-order chi connectivity index (χ0) is 20.6. The second-order valence-corrected chi connectivity index (χ2v) is 7.27. The number of benzene rings is 1. The smallest absolute Gasteiger partial charge is 0.306 e. The Morgan fingerprint density at radius 1 is 1.17 bits per heavy atom. The van der Waals surface area contributed by atoms with Gasteiger partial charge in [-0.25, -0.2) is 4.98 Å². The highest BCUT2D eigenvalue weighted by Gasteiger charge is 2.34. The predicted molar refractivity (Wildman–Crippen MR) is 102 cm³/mol. The van der Waals surface area contributed by atoms with Crippen LogP contribution in [0.15, 0.2) is 47.5 Å². The number of alkyl halides is 3. The van der Waals surface area contributed by atoms with Crippen molar-refractivity contribution in [1.82, 2.24) is 19.9 Å². The number of H-pyrrole nitrogens is 1. The van der Waals surface area contributed by atoms with Crippen LogP contribution in [0.4, 0.5) is 13.2 Å². The number of hydrogen-bond acceptors (Lipinski definition) is 4. The largest absolute Gasteiger partial charge is 0.416 e. The molecule has 5 nitrogen and oxygen atoms in total. The normalized spacial score (nSPS) is 14.6. The maximum Gasteiger partial charge on any atom is 0.416 e. The first-order valence-corrected chi connectivity index (χ1v) is 9.29. The molecule has 29 heavy (non-hydrogen) atoms. The van der Waals surface area contributed by atoms with Crippen LogP contribution in [0.25, 0.3) is 11.4 Å². The van der Waals surface area contributed by atoms with Crippen molar-refractivity contribution in [2.45, 2.75) is 25.7 Å². The summed E-state index contributed by atoms with van der Waals surface area (Å²) in [5, 5.41) is 0.582. The minimum atomic E-state index is -4.45. The van der Waals surface area contributed by atoms with E-state index in [9.17, 15) is 18.0 Å². The second-order valence-electron chi connectivity index (χ2n) is 6.84. The number of fused-ring (bicyclic) bond motifs is 1. The Morgan fingerprint density at radius 2 is 1.93 bits per heavy atom. The van der Waals surface area contributed by atoms with E-state index in [1.807, 2.05) is 0 Å². The lowest BCUT2D eigenvalue weighted by Crippen LogP contribution is -2.36. The lowest BCUT2D eigenvalue weighted by Gasteiger charge is -2.28. The number of halogens is 4. The van der Waals surface area contributed by atoms with E-state index in [1.54, 1.807) is 29.2 Å². The summed E-state index contributed by atoms with van der Waals surface area (Å²) >= 11 is 5.89. The molecule has 0 fully saturated rings. The van der Waals surface area contributed by atoms with Gasteiger partial charge >= 0.3 is 6.18 Å². The number of pyridine rings is 1. The van der Waals surface area contributed by atoms with Gasteiger partial charge in [0.05, 0.1) is 16.8 Å². The molecule has 1 N–H and O–H groups in total. The minimum Gasteiger partial charge on any atom is -0.306 e. The number of nitrogens with one attached hydrogen (secondary N) is 1. The fourth-order valence-corrected chi connectivity index (χ4v) is 3.56. The van der Waals surface area contributed by atoms with Crippen LogP contribution < -0.4 is 5.56 Å². The van der Waals surface area contributed by atoms with Crippen molar-refractivity contribution in [3.8, 4) is 11.4 Å². The van der Waals surface area contributed by atoms with Crippen LogP contribution in [0.2, 0.25) is 5.02 Å². The van der Waals surface area contributed by atoms with Crippen LogP contribution in [0.1, 0.15) is 22.4 Å². The van der Waals surface area contributed by atoms with Crippen LogP contribution in [0.3, 0.4) is 0 Å². The van der Waals surface area contributed by atoms with Crippen molar-refractivity contribution < 1.29 is 13.2 Å². The first-order chi connectivity index (χ1) is 13.8. The molecule has 0 saturated heterocycles. The highest BCUT2D eigenvalue weighted by molar-refractivity contribution is 6.30. The van der Waals surface area contributed by atoms with E-state index >= 15 is 0 Å². The van der Waals surface area contributed by atoms with Crippen LogP contribution in [-0.2, 0) is 25.7 Å². The van der Waals surface area contributed by atoms with Crippen molar-refractivity contribution in [1.29, 1.82) is 0 Å². The highest BCUT2D eigenvalue weighted by atomic mass is 35.5. The average Bonchev–Trinajstić information content (AvgIpc) is 2.68. The molecule has 1 aliphatic heterocycles. The Kier molecular flexibility index (Phi) is 5.14. The van der Waals surface area contributed by atoms with E-state index in [-0.39, 0.29) is 24.2 Å². The average molecular weight is 421 g/mol. The van der Waals surface area contributed by atoms with Crippen LogP contribution >= 0.6 is 11.6 Å². The molecule has 1 aromatic carbocycles. The molecule has 0 saturated carbocycles. The lowest BCUT2D eigenvalue weighted by atomic mass is 10.0. The molecule has 9 heteroatoms. The Balaban J connectivity index is 1.59. The fourth-order valence-electron chi connectivity index (χ4n) is 3.43. The molecule has 3 heterocycles. The van der Waals surface area contributed by atoms with Crippen LogP contribution in [-0.4, -0.2) is 26.4 Å². The Labute approximate surface area is 169 Å². The standard InChI is InChI=1S/C20H16ClF3N4O/c21-14-3-1-12(2-4-14)18-26-17-6-8-28(11-15(17)19(29)27-18)10-13-9-25-7-5-16(13)20(22,23)24/h1-5,7,9H,6,8,10-11H2,(H,26,27,29). The maximum absolute atomic E-state index is 13.2. The van der Waals surface area contributed by atoms with Gasteiger partial charge in [-0.3, -0.25) is 14.7 Å². The summed E-state index contributed by atoms with van der Waals surface area (Å²) in [6, 6.07) is 7.93. The monoisotopic (exact) mass is 420 g/mol. The second kappa shape index (κ2) is 7.61. The molecule has 3 aromatic rings. The summed E-state index contributed by atoms with van der Waals surface area (Å²) in [4.78, 5) is 25.5. The summed E-state index contributed by atoms with van der Waals surface area (Å²) in [5.74, 6) is 0.450. The third kappa shape index (κ3) is 4.18. The number of aromatic nitrogens is 3. The molecular formula is C20H16ClF3N4O. The molecule has 2 aromatic heterocycles. The molecule has 0 unspecified atom stereocenters. The third-order valence-corrected chi connectivity index (χ3v) is 5.12. The van der Waals surface area contributed by atoms with Gasteiger partial charge in [-0.2, -0.15) is 13.2 Å². The van der Waals surface area contributed by atoms with E-state index in [1.165, 1.54) is 6.20 Å². The fraction of sp³-hybridized carbons (Fsp3) is 0.250. The first-order valence-electron chi connectivity index (χ1n) is 8.92. The molecule has 0 radical (unpaired) electrons. The van der Waals surface area contributed by atoms with Gasteiger partial charge < -0.3 is 4.98 Å². The Bertz CT molecular complexity index is 1100. The number of hydrogen-bond donors (Lipinski definition) is 1. The van der Waals surface area contributed by atoms with Crippen molar-refractivity contribution >= 4 is 11.6 Å². The molecule has 4 rings (SSSR count). The van der Waals surface area contributed by atoms with Gasteiger partial charge in [0.25, 0.3) is 5.56 Å². The lowest BCUT2D eigenvalue weighted by molar-refractivity contribution is -0.138. The zero-order valence-corrected chi connectivity index (χ0v) is 15.9. The van der Waals surface area contributed by atoms with Gasteiger partial charge in [-0.15, -0.1) is 0 Å². The summed E-state index contributed by atoms with van der Waals surface area (Å²) in [7, 11) is 0. The zero-order valence-electron chi connectivity index (χ0n) is 15.1. The van der Waals surface area contributed by atoms with E-state index in [2.05, 4.69) is 15.0 Å². The van der Waals surface area contributed by atoms with Gasteiger partial charge in [0.2, 0.25) is 0 Å². The van der Waals surface area contributed by atoms with Crippen molar-refractivity contribution in [2.75, 3.05) is 6.54 Å².